The average molecular weight is 358 g/mol. The third kappa shape index (κ3) is 4.03. The summed E-state index contributed by atoms with van der Waals surface area (Å²) in [5.41, 5.74) is 6.93. The SMILES string of the molecule is CCN1CCC(N(C)C(CN)c2cc(F)ccc2Br)CC1. The standard InChI is InChI=1S/C16H25BrFN3/c1-3-21-8-6-13(7-9-21)20(2)16(11-19)14-10-12(18)4-5-15(14)17/h4-5,10,13,16H,3,6-9,11,19H2,1-2H3. The number of benzene rings is 1. The zero-order valence-electron chi connectivity index (χ0n) is 12.9. The molecule has 0 aliphatic carbocycles. The van der Waals surface area contributed by atoms with Crippen molar-refractivity contribution in [2.45, 2.75) is 31.8 Å². The lowest BCUT2D eigenvalue weighted by Gasteiger charge is -2.40. The molecule has 3 nitrogen and oxygen atoms in total. The van der Waals surface area contributed by atoms with Gasteiger partial charge in [0.05, 0.1) is 0 Å². The molecule has 0 aromatic heterocycles. The number of likely N-dealkylation sites (N-methyl/N-ethyl adjacent to an activating group) is 1. The summed E-state index contributed by atoms with van der Waals surface area (Å²) in [5, 5.41) is 0. The highest BCUT2D eigenvalue weighted by molar-refractivity contribution is 9.10. The van der Waals surface area contributed by atoms with E-state index in [0.717, 1.165) is 42.5 Å². The molecule has 1 aliphatic heterocycles. The molecule has 1 fully saturated rings. The zero-order chi connectivity index (χ0) is 15.4. The fourth-order valence-corrected chi connectivity index (χ4v) is 3.69. The second-order valence-electron chi connectivity index (χ2n) is 5.75. The van der Waals surface area contributed by atoms with E-state index in [4.69, 9.17) is 5.73 Å². The molecular formula is C16H25BrFN3. The lowest BCUT2D eigenvalue weighted by atomic mass is 9.98. The van der Waals surface area contributed by atoms with Crippen molar-refractivity contribution in [2.24, 2.45) is 5.73 Å². The van der Waals surface area contributed by atoms with Gasteiger partial charge in [-0.25, -0.2) is 4.39 Å². The third-order valence-corrected chi connectivity index (χ3v) is 5.33. The van der Waals surface area contributed by atoms with Crippen LogP contribution in [0.15, 0.2) is 22.7 Å². The maximum absolute atomic E-state index is 13.6. The van der Waals surface area contributed by atoms with E-state index in [1.807, 2.05) is 0 Å². The second-order valence-corrected chi connectivity index (χ2v) is 6.60. The monoisotopic (exact) mass is 357 g/mol. The van der Waals surface area contributed by atoms with E-state index >= 15 is 0 Å². The topological polar surface area (TPSA) is 32.5 Å². The van der Waals surface area contributed by atoms with Crippen LogP contribution in [0, 0.1) is 5.82 Å². The smallest absolute Gasteiger partial charge is 0.123 e. The van der Waals surface area contributed by atoms with Crippen molar-refractivity contribution >= 4 is 15.9 Å². The second kappa shape index (κ2) is 7.68. The van der Waals surface area contributed by atoms with Crippen LogP contribution in [0.1, 0.15) is 31.4 Å². The zero-order valence-corrected chi connectivity index (χ0v) is 14.4. The Labute approximate surface area is 135 Å². The summed E-state index contributed by atoms with van der Waals surface area (Å²) in [7, 11) is 2.11. The molecule has 5 heteroatoms. The number of likely N-dealkylation sites (tertiary alicyclic amines) is 1. The minimum Gasteiger partial charge on any atom is -0.329 e. The molecule has 2 rings (SSSR count). The molecule has 118 valence electrons. The van der Waals surface area contributed by atoms with Crippen LogP contribution in [0.3, 0.4) is 0 Å². The van der Waals surface area contributed by atoms with Gasteiger partial charge in [-0.15, -0.1) is 0 Å². The van der Waals surface area contributed by atoms with Crippen LogP contribution in [-0.2, 0) is 0 Å². The normalized spacial score (nSPS) is 19.1. The Balaban J connectivity index is 2.11. The van der Waals surface area contributed by atoms with Crippen LogP contribution in [0.5, 0.6) is 0 Å². The number of halogens is 2. The maximum atomic E-state index is 13.6. The predicted molar refractivity (Wildman–Crippen MR) is 88.8 cm³/mol. The Bertz CT molecular complexity index is 461. The van der Waals surface area contributed by atoms with Gasteiger partial charge >= 0.3 is 0 Å². The van der Waals surface area contributed by atoms with Crippen LogP contribution in [0.4, 0.5) is 4.39 Å². The van der Waals surface area contributed by atoms with Crippen molar-refractivity contribution < 1.29 is 4.39 Å². The molecule has 0 bridgehead atoms. The third-order valence-electron chi connectivity index (χ3n) is 4.61. The van der Waals surface area contributed by atoms with Crippen LogP contribution >= 0.6 is 15.9 Å². The lowest BCUT2D eigenvalue weighted by Crippen LogP contribution is -2.46. The van der Waals surface area contributed by atoms with Crippen molar-refractivity contribution in [3.05, 3.63) is 34.1 Å². The number of hydrogen-bond acceptors (Lipinski definition) is 3. The van der Waals surface area contributed by atoms with E-state index in [9.17, 15) is 4.39 Å². The predicted octanol–water partition coefficient (Wildman–Crippen LogP) is 3.00. The number of hydrogen-bond donors (Lipinski definition) is 1. The minimum atomic E-state index is -0.208. The summed E-state index contributed by atoms with van der Waals surface area (Å²) in [4.78, 5) is 4.80. The molecule has 1 aliphatic rings. The summed E-state index contributed by atoms with van der Waals surface area (Å²) in [6.07, 6.45) is 2.29. The number of nitrogens with zero attached hydrogens (tertiary/aromatic N) is 2. The highest BCUT2D eigenvalue weighted by atomic mass is 79.9. The van der Waals surface area contributed by atoms with Gasteiger partial charge in [0, 0.05) is 23.1 Å². The molecule has 1 atom stereocenters. The Hall–Kier alpha value is -0.490. The Morgan fingerprint density at radius 3 is 2.67 bits per heavy atom. The molecule has 0 radical (unpaired) electrons. The van der Waals surface area contributed by atoms with E-state index in [1.165, 1.54) is 6.07 Å². The van der Waals surface area contributed by atoms with Crippen molar-refractivity contribution in [2.75, 3.05) is 33.2 Å². The number of nitrogens with two attached hydrogens (primary N) is 1. The molecule has 2 N–H and O–H groups in total. The molecule has 1 heterocycles. The van der Waals surface area contributed by atoms with Gasteiger partial charge in [0.25, 0.3) is 0 Å². The van der Waals surface area contributed by atoms with Gasteiger partial charge in [0.2, 0.25) is 0 Å². The number of rotatable bonds is 5. The molecule has 1 unspecified atom stereocenters. The van der Waals surface area contributed by atoms with Crippen molar-refractivity contribution in [1.82, 2.24) is 9.80 Å². The quantitative estimate of drug-likeness (QED) is 0.878. The first-order valence-electron chi connectivity index (χ1n) is 7.66. The molecule has 1 saturated heterocycles. The van der Waals surface area contributed by atoms with Gasteiger partial charge in [-0.3, -0.25) is 4.90 Å². The summed E-state index contributed by atoms with van der Waals surface area (Å²) >= 11 is 3.53. The molecule has 1 aromatic carbocycles. The van der Waals surface area contributed by atoms with E-state index in [0.29, 0.717) is 12.6 Å². The van der Waals surface area contributed by atoms with Crippen LogP contribution in [0.25, 0.3) is 0 Å². The molecule has 1 aromatic rings. The Morgan fingerprint density at radius 1 is 1.43 bits per heavy atom. The van der Waals surface area contributed by atoms with Crippen molar-refractivity contribution in [3.8, 4) is 0 Å². The van der Waals surface area contributed by atoms with E-state index < -0.39 is 0 Å². The fourth-order valence-electron chi connectivity index (χ4n) is 3.18. The van der Waals surface area contributed by atoms with Crippen LogP contribution in [0.2, 0.25) is 0 Å². The fraction of sp³-hybridized carbons (Fsp3) is 0.625. The van der Waals surface area contributed by atoms with Crippen molar-refractivity contribution in [3.63, 3.8) is 0 Å². The van der Waals surface area contributed by atoms with Gasteiger partial charge in [0.1, 0.15) is 5.82 Å². The van der Waals surface area contributed by atoms with Gasteiger partial charge in [0.15, 0.2) is 0 Å². The molecule has 21 heavy (non-hydrogen) atoms. The summed E-state index contributed by atoms with van der Waals surface area (Å²) in [6.45, 7) is 6.08. The molecular weight excluding hydrogens is 333 g/mol. The van der Waals surface area contributed by atoms with Gasteiger partial charge in [-0.05, 0) is 63.3 Å². The lowest BCUT2D eigenvalue weighted by molar-refractivity contribution is 0.100. The van der Waals surface area contributed by atoms with E-state index in [-0.39, 0.29) is 11.9 Å². The van der Waals surface area contributed by atoms with Gasteiger partial charge in [-0.2, -0.15) is 0 Å². The minimum absolute atomic E-state index is 0.0493. The van der Waals surface area contributed by atoms with Crippen LogP contribution in [-0.4, -0.2) is 49.1 Å². The first-order chi connectivity index (χ1) is 10.1. The Kier molecular flexibility index (Phi) is 6.17. The summed E-state index contributed by atoms with van der Waals surface area (Å²) in [5.74, 6) is -0.208. The highest BCUT2D eigenvalue weighted by Crippen LogP contribution is 2.30. The van der Waals surface area contributed by atoms with Gasteiger partial charge in [-0.1, -0.05) is 22.9 Å². The average Bonchev–Trinajstić information content (AvgIpc) is 2.51. The molecule has 0 amide bonds. The number of piperidine rings is 1. The highest BCUT2D eigenvalue weighted by Gasteiger charge is 2.27. The van der Waals surface area contributed by atoms with Crippen LogP contribution < -0.4 is 5.73 Å². The molecule has 0 spiro atoms. The first kappa shape index (κ1) is 16.9. The first-order valence-corrected chi connectivity index (χ1v) is 8.45. The van der Waals surface area contributed by atoms with Gasteiger partial charge < -0.3 is 10.6 Å². The molecule has 0 saturated carbocycles. The Morgan fingerprint density at radius 2 is 2.10 bits per heavy atom. The maximum Gasteiger partial charge on any atom is 0.123 e. The van der Waals surface area contributed by atoms with E-state index in [2.05, 4.69) is 39.7 Å². The largest absolute Gasteiger partial charge is 0.329 e. The summed E-state index contributed by atoms with van der Waals surface area (Å²) < 4.78 is 14.5. The van der Waals surface area contributed by atoms with E-state index in [1.54, 1.807) is 12.1 Å². The van der Waals surface area contributed by atoms with Crippen molar-refractivity contribution in [1.29, 1.82) is 0 Å². The summed E-state index contributed by atoms with van der Waals surface area (Å²) in [6, 6.07) is 5.39.